The molecule has 1 aliphatic carbocycles. The largest absolute Gasteiger partial charge is 0.393 e. The molecule has 1 aromatic carbocycles. The van der Waals surface area contributed by atoms with Crippen LogP contribution in [0.3, 0.4) is 0 Å². The number of hydrogen-bond donors (Lipinski definition) is 1. The van der Waals surface area contributed by atoms with Crippen LogP contribution in [0.2, 0.25) is 0 Å². The molecule has 1 aromatic rings. The summed E-state index contributed by atoms with van der Waals surface area (Å²) in [5.74, 6) is 0.492. The van der Waals surface area contributed by atoms with E-state index in [-0.39, 0.29) is 18.0 Å². The molecule has 18 heavy (non-hydrogen) atoms. The van der Waals surface area contributed by atoms with Gasteiger partial charge in [0.25, 0.3) is 0 Å². The van der Waals surface area contributed by atoms with Crippen molar-refractivity contribution in [3.05, 3.63) is 35.9 Å². The zero-order valence-electron chi connectivity index (χ0n) is 10.7. The van der Waals surface area contributed by atoms with Gasteiger partial charge in [-0.1, -0.05) is 37.3 Å². The van der Waals surface area contributed by atoms with Crippen molar-refractivity contribution in [3.63, 3.8) is 0 Å². The molecule has 1 N–H and O–H groups in total. The van der Waals surface area contributed by atoms with E-state index in [1.807, 2.05) is 30.3 Å². The zero-order valence-corrected chi connectivity index (χ0v) is 10.7. The predicted octanol–water partition coefficient (Wildman–Crippen LogP) is 2.65. The van der Waals surface area contributed by atoms with E-state index < -0.39 is 0 Å². The van der Waals surface area contributed by atoms with Crippen LogP contribution in [0.25, 0.3) is 0 Å². The third kappa shape index (κ3) is 2.30. The van der Waals surface area contributed by atoms with Crippen LogP contribution in [-0.4, -0.2) is 23.4 Å². The molecule has 1 aliphatic heterocycles. The van der Waals surface area contributed by atoms with Gasteiger partial charge >= 0.3 is 0 Å². The first kappa shape index (κ1) is 12.2. The second kappa shape index (κ2) is 4.65. The number of rotatable bonds is 1. The van der Waals surface area contributed by atoms with Crippen molar-refractivity contribution in [2.24, 2.45) is 5.92 Å². The number of aliphatic hydroxyl groups is 1. The Morgan fingerprint density at radius 1 is 1.22 bits per heavy atom. The SMILES string of the molecule is C[C@H]1C[C@H](O)C[C@@]2(CO[C@@H](c3ccccc3)O2)C1. The maximum atomic E-state index is 9.93. The van der Waals surface area contributed by atoms with Gasteiger partial charge in [0.2, 0.25) is 0 Å². The van der Waals surface area contributed by atoms with Crippen molar-refractivity contribution in [2.45, 2.75) is 44.2 Å². The minimum absolute atomic E-state index is 0.258. The van der Waals surface area contributed by atoms with E-state index in [9.17, 15) is 5.11 Å². The molecule has 1 heterocycles. The molecular formula is C15H20O3. The van der Waals surface area contributed by atoms with Crippen molar-refractivity contribution in [1.29, 1.82) is 0 Å². The molecule has 0 bridgehead atoms. The molecule has 0 radical (unpaired) electrons. The van der Waals surface area contributed by atoms with Crippen LogP contribution in [-0.2, 0) is 9.47 Å². The number of ether oxygens (including phenoxy) is 2. The van der Waals surface area contributed by atoms with Crippen molar-refractivity contribution in [2.75, 3.05) is 6.61 Å². The third-order valence-corrected chi connectivity index (χ3v) is 3.93. The van der Waals surface area contributed by atoms with Crippen LogP contribution in [0.15, 0.2) is 30.3 Å². The fraction of sp³-hybridized carbons (Fsp3) is 0.600. The normalized spacial score (nSPS) is 40.2. The first-order valence-corrected chi connectivity index (χ1v) is 6.69. The van der Waals surface area contributed by atoms with Crippen LogP contribution < -0.4 is 0 Å². The van der Waals surface area contributed by atoms with Gasteiger partial charge in [0.1, 0.15) is 0 Å². The van der Waals surface area contributed by atoms with Gasteiger partial charge in [-0.3, -0.25) is 0 Å². The fourth-order valence-corrected chi connectivity index (χ4v) is 3.29. The second-order valence-electron chi connectivity index (χ2n) is 5.76. The molecule has 3 nitrogen and oxygen atoms in total. The highest BCUT2D eigenvalue weighted by Gasteiger charge is 2.46. The lowest BCUT2D eigenvalue weighted by molar-refractivity contribution is -0.124. The molecular weight excluding hydrogens is 228 g/mol. The minimum atomic E-state index is -0.280. The molecule has 2 fully saturated rings. The summed E-state index contributed by atoms with van der Waals surface area (Å²) >= 11 is 0. The van der Waals surface area contributed by atoms with Crippen molar-refractivity contribution < 1.29 is 14.6 Å². The Bertz CT molecular complexity index is 393. The summed E-state index contributed by atoms with van der Waals surface area (Å²) in [5.41, 5.74) is 0.777. The molecule has 0 unspecified atom stereocenters. The third-order valence-electron chi connectivity index (χ3n) is 3.93. The summed E-state index contributed by atoms with van der Waals surface area (Å²) in [5, 5.41) is 9.93. The van der Waals surface area contributed by atoms with Crippen molar-refractivity contribution >= 4 is 0 Å². The Morgan fingerprint density at radius 2 is 2.00 bits per heavy atom. The summed E-state index contributed by atoms with van der Waals surface area (Å²) < 4.78 is 11.9. The number of aliphatic hydroxyl groups excluding tert-OH is 1. The lowest BCUT2D eigenvalue weighted by Crippen LogP contribution is -2.42. The summed E-state index contributed by atoms with van der Waals surface area (Å²) in [6.07, 6.45) is 2.02. The van der Waals surface area contributed by atoms with Gasteiger partial charge in [-0.2, -0.15) is 0 Å². The summed E-state index contributed by atoms with van der Waals surface area (Å²) in [4.78, 5) is 0. The molecule has 0 aromatic heterocycles. The molecule has 2 aliphatic rings. The van der Waals surface area contributed by atoms with Crippen LogP contribution in [0.1, 0.15) is 38.0 Å². The van der Waals surface area contributed by atoms with Crippen LogP contribution in [0, 0.1) is 5.92 Å². The van der Waals surface area contributed by atoms with E-state index in [4.69, 9.17) is 9.47 Å². The molecule has 0 amide bonds. The quantitative estimate of drug-likeness (QED) is 0.830. The van der Waals surface area contributed by atoms with E-state index in [1.165, 1.54) is 0 Å². The van der Waals surface area contributed by atoms with Gasteiger partial charge in [0.05, 0.1) is 18.3 Å². The van der Waals surface area contributed by atoms with E-state index >= 15 is 0 Å². The molecule has 98 valence electrons. The van der Waals surface area contributed by atoms with Gasteiger partial charge in [-0.25, -0.2) is 0 Å². The Morgan fingerprint density at radius 3 is 2.72 bits per heavy atom. The van der Waals surface area contributed by atoms with Gasteiger partial charge in [0.15, 0.2) is 6.29 Å². The lowest BCUT2D eigenvalue weighted by Gasteiger charge is -2.37. The summed E-state index contributed by atoms with van der Waals surface area (Å²) in [6, 6.07) is 10.0. The monoisotopic (exact) mass is 248 g/mol. The molecule has 1 saturated heterocycles. The van der Waals surface area contributed by atoms with Crippen LogP contribution in [0.4, 0.5) is 0 Å². The Labute approximate surface area is 108 Å². The summed E-state index contributed by atoms with van der Waals surface area (Å²) in [7, 11) is 0. The van der Waals surface area contributed by atoms with E-state index in [1.54, 1.807) is 0 Å². The second-order valence-corrected chi connectivity index (χ2v) is 5.76. The number of hydrogen-bond acceptors (Lipinski definition) is 3. The lowest BCUT2D eigenvalue weighted by atomic mass is 9.78. The summed E-state index contributed by atoms with van der Waals surface area (Å²) in [6.45, 7) is 2.76. The average Bonchev–Trinajstić information content (AvgIpc) is 2.72. The maximum absolute atomic E-state index is 9.93. The topological polar surface area (TPSA) is 38.7 Å². The standard InChI is InChI=1S/C15H20O3/c1-11-7-13(16)9-15(8-11)10-17-14(18-15)12-5-3-2-4-6-12/h2-6,11,13-14,16H,7-10H2,1H3/t11-,13-,14+,15+/m0/s1. The zero-order chi connectivity index (χ0) is 12.6. The molecule has 1 saturated carbocycles. The highest BCUT2D eigenvalue weighted by Crippen LogP contribution is 2.44. The van der Waals surface area contributed by atoms with E-state index in [0.717, 1.165) is 18.4 Å². The molecule has 1 spiro atoms. The maximum Gasteiger partial charge on any atom is 0.184 e. The minimum Gasteiger partial charge on any atom is -0.393 e. The van der Waals surface area contributed by atoms with Crippen LogP contribution >= 0.6 is 0 Å². The molecule has 3 heteroatoms. The number of benzene rings is 1. The molecule has 4 atom stereocenters. The van der Waals surface area contributed by atoms with E-state index in [2.05, 4.69) is 6.92 Å². The first-order chi connectivity index (χ1) is 8.67. The van der Waals surface area contributed by atoms with Crippen molar-refractivity contribution in [1.82, 2.24) is 0 Å². The smallest absolute Gasteiger partial charge is 0.184 e. The van der Waals surface area contributed by atoms with Gasteiger partial charge in [-0.15, -0.1) is 0 Å². The van der Waals surface area contributed by atoms with Gasteiger partial charge < -0.3 is 14.6 Å². The van der Waals surface area contributed by atoms with Crippen LogP contribution in [0.5, 0.6) is 0 Å². The molecule has 3 rings (SSSR count). The Kier molecular flexibility index (Phi) is 3.14. The fourth-order valence-electron chi connectivity index (χ4n) is 3.29. The van der Waals surface area contributed by atoms with Gasteiger partial charge in [0, 0.05) is 12.0 Å². The predicted molar refractivity (Wildman–Crippen MR) is 68.0 cm³/mol. The Balaban J connectivity index is 1.74. The highest BCUT2D eigenvalue weighted by atomic mass is 16.7. The average molecular weight is 248 g/mol. The van der Waals surface area contributed by atoms with Gasteiger partial charge in [-0.05, 0) is 18.8 Å². The van der Waals surface area contributed by atoms with E-state index in [0.29, 0.717) is 18.9 Å². The first-order valence-electron chi connectivity index (χ1n) is 6.69. The van der Waals surface area contributed by atoms with Crippen molar-refractivity contribution in [3.8, 4) is 0 Å². The highest BCUT2D eigenvalue weighted by molar-refractivity contribution is 5.17. The Hall–Kier alpha value is -0.900.